The molecule has 8 heteroatoms. The summed E-state index contributed by atoms with van der Waals surface area (Å²) < 4.78 is 1.83. The molecule has 2 aliphatic heterocycles. The van der Waals surface area contributed by atoms with E-state index in [1.54, 1.807) is 0 Å². The predicted molar refractivity (Wildman–Crippen MR) is 142 cm³/mol. The molecule has 0 radical (unpaired) electrons. The first-order valence-electron chi connectivity index (χ1n) is 14.2. The summed E-state index contributed by atoms with van der Waals surface area (Å²) in [5, 5.41) is 13.4. The monoisotopic (exact) mass is 506 g/mol. The van der Waals surface area contributed by atoms with E-state index in [0.717, 1.165) is 30.2 Å². The van der Waals surface area contributed by atoms with E-state index >= 15 is 0 Å². The van der Waals surface area contributed by atoms with Gasteiger partial charge in [0.1, 0.15) is 7.11 Å². The molecule has 6 rings (SSSR count). The van der Waals surface area contributed by atoms with E-state index in [-0.39, 0.29) is 11.7 Å². The highest BCUT2D eigenvalue weighted by molar-refractivity contribution is 6.41. The molecule has 2 saturated heterocycles. The number of hydrogen-bond acceptors (Lipinski definition) is 6. The molecule has 2 aliphatic carbocycles. The molecule has 5 atom stereocenters. The molecule has 3 heterocycles. The SMILES string of the molecule is CO/N=C(\C(=O)O)c1nc2ccccc2n(C2C[C@@H]3CCC[C@@H](C2)N3C2C[C@@H]3CCC[C@@H](CC3)C2)c1=O. The lowest BCUT2D eigenvalue weighted by molar-refractivity contribution is -0.129. The van der Waals surface area contributed by atoms with E-state index in [4.69, 9.17) is 4.84 Å². The third-order valence-electron chi connectivity index (χ3n) is 9.62. The zero-order valence-electron chi connectivity index (χ0n) is 21.7. The fraction of sp³-hybridized carbons (Fsp3) is 0.655. The Morgan fingerprint density at radius 2 is 1.57 bits per heavy atom. The van der Waals surface area contributed by atoms with Gasteiger partial charge in [0.05, 0.1) is 11.0 Å². The molecule has 8 nitrogen and oxygen atoms in total. The molecule has 37 heavy (non-hydrogen) atoms. The van der Waals surface area contributed by atoms with Crippen molar-refractivity contribution in [2.24, 2.45) is 17.0 Å². The first-order chi connectivity index (χ1) is 18.0. The van der Waals surface area contributed by atoms with E-state index in [0.29, 0.717) is 23.6 Å². The molecule has 1 aromatic carbocycles. The topological polar surface area (TPSA) is 97.0 Å². The molecule has 4 bridgehead atoms. The van der Waals surface area contributed by atoms with Crippen molar-refractivity contribution in [2.75, 3.05) is 7.11 Å². The average Bonchev–Trinajstić information content (AvgIpc) is 3.21. The predicted octanol–water partition coefficient (Wildman–Crippen LogP) is 4.75. The highest BCUT2D eigenvalue weighted by atomic mass is 16.6. The minimum atomic E-state index is -1.32. The Labute approximate surface area is 217 Å². The van der Waals surface area contributed by atoms with Gasteiger partial charge in [-0.3, -0.25) is 9.69 Å². The molecule has 4 aliphatic rings. The van der Waals surface area contributed by atoms with Gasteiger partial charge in [0.15, 0.2) is 5.69 Å². The standard InChI is InChI=1S/C29H38N4O4/c1-37-31-27(29(35)36)26-28(34)33(25-11-3-2-10-24(25)30-26)23-16-20-8-5-9-21(17-23)32(20)22-14-18-6-4-7-19(15-22)13-12-18/h2-3,10-11,18-23H,4-9,12-17H2,1H3,(H,35,36)/b31-27-/t18-,19+,20-,21-,22?/m0/s1. The number of nitrogens with zero attached hydrogens (tertiary/aromatic N) is 4. The number of aliphatic carboxylic acids is 1. The van der Waals surface area contributed by atoms with Gasteiger partial charge in [0.25, 0.3) is 5.56 Å². The molecule has 0 amide bonds. The van der Waals surface area contributed by atoms with Gasteiger partial charge in [0.2, 0.25) is 5.71 Å². The van der Waals surface area contributed by atoms with Gasteiger partial charge in [-0.15, -0.1) is 0 Å². The number of hydrogen-bond donors (Lipinski definition) is 1. The summed E-state index contributed by atoms with van der Waals surface area (Å²) in [7, 11) is 1.28. The van der Waals surface area contributed by atoms with E-state index in [1.165, 1.54) is 71.3 Å². The van der Waals surface area contributed by atoms with Crippen molar-refractivity contribution in [3.8, 4) is 0 Å². The number of aromatic nitrogens is 2. The van der Waals surface area contributed by atoms with Crippen molar-refractivity contribution < 1.29 is 14.7 Å². The van der Waals surface area contributed by atoms with Gasteiger partial charge in [0, 0.05) is 24.2 Å². The Morgan fingerprint density at radius 1 is 0.919 bits per heavy atom. The maximum absolute atomic E-state index is 13.9. The summed E-state index contributed by atoms with van der Waals surface area (Å²) in [5.41, 5.74) is 0.370. The smallest absolute Gasteiger partial charge is 0.360 e. The van der Waals surface area contributed by atoms with Gasteiger partial charge in [-0.25, -0.2) is 9.78 Å². The number of para-hydroxylation sites is 2. The number of carboxylic acids is 1. The van der Waals surface area contributed by atoms with E-state index < -0.39 is 17.2 Å². The van der Waals surface area contributed by atoms with Crippen molar-refractivity contribution in [3.63, 3.8) is 0 Å². The summed E-state index contributed by atoms with van der Waals surface area (Å²) >= 11 is 0. The fourth-order valence-corrected chi connectivity index (χ4v) is 8.18. The van der Waals surface area contributed by atoms with Crippen LogP contribution < -0.4 is 5.56 Å². The number of piperidine rings is 2. The van der Waals surface area contributed by atoms with Crippen LogP contribution in [-0.4, -0.2) is 56.5 Å². The van der Waals surface area contributed by atoms with Gasteiger partial charge in [-0.2, -0.15) is 0 Å². The molecule has 1 aromatic heterocycles. The molecular formula is C29H38N4O4. The van der Waals surface area contributed by atoms with Crippen molar-refractivity contribution in [3.05, 3.63) is 40.3 Å². The fourth-order valence-electron chi connectivity index (χ4n) is 8.18. The Balaban J connectivity index is 1.37. The third kappa shape index (κ3) is 4.58. The Bertz CT molecular complexity index is 1230. The highest BCUT2D eigenvalue weighted by Crippen LogP contribution is 2.46. The number of fused-ring (bicyclic) bond motifs is 6. The van der Waals surface area contributed by atoms with Crippen LogP contribution in [0.15, 0.2) is 34.2 Å². The van der Waals surface area contributed by atoms with Gasteiger partial charge >= 0.3 is 5.97 Å². The van der Waals surface area contributed by atoms with Crippen LogP contribution in [-0.2, 0) is 9.63 Å². The highest BCUT2D eigenvalue weighted by Gasteiger charge is 2.44. The number of rotatable bonds is 5. The van der Waals surface area contributed by atoms with Crippen LogP contribution >= 0.6 is 0 Å². The van der Waals surface area contributed by atoms with E-state index in [9.17, 15) is 14.7 Å². The minimum Gasteiger partial charge on any atom is -0.476 e. The van der Waals surface area contributed by atoms with Crippen molar-refractivity contribution in [1.29, 1.82) is 0 Å². The Hall–Kier alpha value is -2.74. The zero-order valence-corrected chi connectivity index (χ0v) is 21.7. The third-order valence-corrected chi connectivity index (χ3v) is 9.62. The summed E-state index contributed by atoms with van der Waals surface area (Å²) in [6.07, 6.45) is 15.1. The number of carboxylic acid groups (broad SMARTS) is 1. The van der Waals surface area contributed by atoms with Crippen molar-refractivity contribution >= 4 is 22.7 Å². The molecule has 1 unspecified atom stereocenters. The van der Waals surface area contributed by atoms with Crippen molar-refractivity contribution in [1.82, 2.24) is 14.5 Å². The minimum absolute atomic E-state index is 0.00793. The van der Waals surface area contributed by atoms with Crippen LogP contribution in [0, 0.1) is 11.8 Å². The first kappa shape index (κ1) is 24.6. The summed E-state index contributed by atoms with van der Waals surface area (Å²) in [5.74, 6) is 0.429. The number of benzene rings is 1. The van der Waals surface area contributed by atoms with Gasteiger partial charge in [-0.1, -0.05) is 55.8 Å². The largest absolute Gasteiger partial charge is 0.476 e. The van der Waals surface area contributed by atoms with Crippen molar-refractivity contribution in [2.45, 2.75) is 101 Å². The first-order valence-corrected chi connectivity index (χ1v) is 14.2. The van der Waals surface area contributed by atoms with Crippen LogP contribution in [0.2, 0.25) is 0 Å². The van der Waals surface area contributed by atoms with E-state index in [1.807, 2.05) is 28.8 Å². The van der Waals surface area contributed by atoms with Crippen LogP contribution in [0.5, 0.6) is 0 Å². The lowest BCUT2D eigenvalue weighted by Crippen LogP contribution is -2.57. The van der Waals surface area contributed by atoms with Crippen LogP contribution in [0.25, 0.3) is 11.0 Å². The molecule has 2 saturated carbocycles. The summed E-state index contributed by atoms with van der Waals surface area (Å²) in [4.78, 5) is 37.9. The Morgan fingerprint density at radius 3 is 2.22 bits per heavy atom. The van der Waals surface area contributed by atoms with E-state index in [2.05, 4.69) is 15.0 Å². The second-order valence-corrected chi connectivity index (χ2v) is 11.7. The number of carbonyl (C=O) groups is 1. The second-order valence-electron chi connectivity index (χ2n) is 11.7. The molecule has 1 N–H and O–H groups in total. The summed E-state index contributed by atoms with van der Waals surface area (Å²) in [6, 6.07) is 9.16. The molecular weight excluding hydrogens is 468 g/mol. The number of oxime groups is 1. The summed E-state index contributed by atoms with van der Waals surface area (Å²) in [6.45, 7) is 0. The molecule has 198 valence electrons. The lowest BCUT2D eigenvalue weighted by atomic mass is 9.77. The Kier molecular flexibility index (Phi) is 6.78. The molecule has 2 aromatic rings. The van der Waals surface area contributed by atoms with Crippen LogP contribution in [0.3, 0.4) is 0 Å². The van der Waals surface area contributed by atoms with Gasteiger partial charge < -0.3 is 14.5 Å². The normalized spacial score (nSPS) is 32.6. The van der Waals surface area contributed by atoms with Crippen LogP contribution in [0.1, 0.15) is 88.8 Å². The maximum Gasteiger partial charge on any atom is 0.360 e. The lowest BCUT2D eigenvalue weighted by Gasteiger charge is -2.53. The van der Waals surface area contributed by atoms with Gasteiger partial charge in [-0.05, 0) is 62.5 Å². The molecule has 0 spiro atoms. The zero-order chi connectivity index (χ0) is 25.5. The maximum atomic E-state index is 13.9. The quantitative estimate of drug-likeness (QED) is 0.464. The average molecular weight is 507 g/mol. The second kappa shape index (κ2) is 10.2. The molecule has 4 fully saturated rings. The van der Waals surface area contributed by atoms with Crippen LogP contribution in [0.4, 0.5) is 0 Å².